The van der Waals surface area contributed by atoms with E-state index in [2.05, 4.69) is 0 Å². The number of thioether (sulfide) groups is 1. The molecule has 1 nitrogen and oxygen atoms in total. The quantitative estimate of drug-likeness (QED) is 0.761. The third-order valence-electron chi connectivity index (χ3n) is 2.30. The van der Waals surface area contributed by atoms with Gasteiger partial charge in [0.1, 0.15) is 11.9 Å². The van der Waals surface area contributed by atoms with Crippen LogP contribution in [0, 0.1) is 17.1 Å². The van der Waals surface area contributed by atoms with Gasteiger partial charge in [-0.15, -0.1) is 11.8 Å². The summed E-state index contributed by atoms with van der Waals surface area (Å²) in [5.41, 5.74) is 1.06. The average Bonchev–Trinajstić information content (AvgIpc) is 2.39. The van der Waals surface area contributed by atoms with Crippen LogP contribution in [0.5, 0.6) is 0 Å². The van der Waals surface area contributed by atoms with Gasteiger partial charge in [0.2, 0.25) is 0 Å². The molecule has 0 bridgehead atoms. The first-order valence-electron chi connectivity index (χ1n) is 5.16. The van der Waals surface area contributed by atoms with Crippen molar-refractivity contribution < 1.29 is 4.39 Å². The SMILES string of the molecule is N#Cc1cc(CSc2ccccc2)ccc1F. The minimum absolute atomic E-state index is 0.108. The van der Waals surface area contributed by atoms with Crippen LogP contribution < -0.4 is 0 Å². The van der Waals surface area contributed by atoms with Crippen molar-refractivity contribution in [3.63, 3.8) is 0 Å². The van der Waals surface area contributed by atoms with E-state index in [1.54, 1.807) is 23.9 Å². The lowest BCUT2D eigenvalue weighted by Gasteiger charge is -2.02. The first-order valence-corrected chi connectivity index (χ1v) is 6.14. The second-order valence-corrected chi connectivity index (χ2v) is 4.58. The molecule has 17 heavy (non-hydrogen) atoms. The zero-order valence-corrected chi connectivity index (χ0v) is 9.88. The normalized spacial score (nSPS) is 9.88. The molecular formula is C14H10FNS. The van der Waals surface area contributed by atoms with E-state index in [0.717, 1.165) is 16.2 Å². The summed E-state index contributed by atoms with van der Waals surface area (Å²) in [6.07, 6.45) is 0. The van der Waals surface area contributed by atoms with E-state index in [1.165, 1.54) is 6.07 Å². The molecule has 0 aromatic heterocycles. The van der Waals surface area contributed by atoms with Crippen molar-refractivity contribution in [3.8, 4) is 6.07 Å². The van der Waals surface area contributed by atoms with Gasteiger partial charge in [-0.05, 0) is 29.8 Å². The van der Waals surface area contributed by atoms with Crippen LogP contribution >= 0.6 is 11.8 Å². The molecule has 2 aromatic carbocycles. The maximum Gasteiger partial charge on any atom is 0.140 e. The number of hydrogen-bond acceptors (Lipinski definition) is 2. The van der Waals surface area contributed by atoms with Gasteiger partial charge in [0, 0.05) is 10.6 Å². The van der Waals surface area contributed by atoms with Gasteiger partial charge in [-0.25, -0.2) is 4.39 Å². The Morgan fingerprint density at radius 2 is 1.88 bits per heavy atom. The van der Waals surface area contributed by atoms with Crippen LogP contribution in [0.15, 0.2) is 53.4 Å². The first kappa shape index (κ1) is 11.7. The van der Waals surface area contributed by atoms with Crippen LogP contribution in [0.2, 0.25) is 0 Å². The zero-order valence-electron chi connectivity index (χ0n) is 9.06. The lowest BCUT2D eigenvalue weighted by molar-refractivity contribution is 0.623. The predicted octanol–water partition coefficient (Wildman–Crippen LogP) is 3.99. The van der Waals surface area contributed by atoms with E-state index in [-0.39, 0.29) is 5.56 Å². The van der Waals surface area contributed by atoms with Crippen LogP contribution in [-0.2, 0) is 5.75 Å². The number of rotatable bonds is 3. The van der Waals surface area contributed by atoms with Crippen molar-refractivity contribution >= 4 is 11.8 Å². The average molecular weight is 243 g/mol. The summed E-state index contributed by atoms with van der Waals surface area (Å²) in [6, 6.07) is 16.5. The maximum atomic E-state index is 13.1. The first-order chi connectivity index (χ1) is 8.29. The molecule has 0 unspecified atom stereocenters. The van der Waals surface area contributed by atoms with E-state index >= 15 is 0 Å². The Morgan fingerprint density at radius 3 is 2.59 bits per heavy atom. The number of nitrogens with zero attached hydrogens (tertiary/aromatic N) is 1. The van der Waals surface area contributed by atoms with Crippen molar-refractivity contribution in [1.29, 1.82) is 5.26 Å². The molecule has 3 heteroatoms. The summed E-state index contributed by atoms with van der Waals surface area (Å²) in [5, 5.41) is 8.73. The Morgan fingerprint density at radius 1 is 1.12 bits per heavy atom. The number of nitriles is 1. The van der Waals surface area contributed by atoms with Crippen molar-refractivity contribution in [2.45, 2.75) is 10.6 Å². The summed E-state index contributed by atoms with van der Waals surface area (Å²) in [5.74, 6) is 0.278. The highest BCUT2D eigenvalue weighted by Crippen LogP contribution is 2.23. The molecule has 0 aliphatic rings. The van der Waals surface area contributed by atoms with E-state index in [0.29, 0.717) is 0 Å². The third kappa shape index (κ3) is 3.08. The molecule has 0 aliphatic carbocycles. The van der Waals surface area contributed by atoms with Crippen LogP contribution in [0.4, 0.5) is 4.39 Å². The molecule has 0 fully saturated rings. The van der Waals surface area contributed by atoms with Gasteiger partial charge >= 0.3 is 0 Å². The summed E-state index contributed by atoms with van der Waals surface area (Å²) >= 11 is 1.67. The van der Waals surface area contributed by atoms with Crippen molar-refractivity contribution in [3.05, 3.63) is 65.5 Å². The highest BCUT2D eigenvalue weighted by molar-refractivity contribution is 7.98. The van der Waals surface area contributed by atoms with Gasteiger partial charge in [-0.1, -0.05) is 24.3 Å². The fourth-order valence-electron chi connectivity index (χ4n) is 1.43. The fourth-order valence-corrected chi connectivity index (χ4v) is 2.29. The number of halogens is 1. The molecule has 0 saturated carbocycles. The van der Waals surface area contributed by atoms with Crippen LogP contribution in [0.3, 0.4) is 0 Å². The van der Waals surface area contributed by atoms with Crippen molar-refractivity contribution in [2.24, 2.45) is 0 Å². The highest BCUT2D eigenvalue weighted by Gasteiger charge is 2.03. The minimum atomic E-state index is -0.457. The molecule has 0 aliphatic heterocycles. The Hall–Kier alpha value is -1.79. The third-order valence-corrected chi connectivity index (χ3v) is 3.38. The van der Waals surface area contributed by atoms with Gasteiger partial charge in [0.25, 0.3) is 0 Å². The van der Waals surface area contributed by atoms with Gasteiger partial charge in [0.05, 0.1) is 5.56 Å². The Bertz CT molecular complexity index is 546. The Kier molecular flexibility index (Phi) is 3.79. The summed E-state index contributed by atoms with van der Waals surface area (Å²) in [4.78, 5) is 1.16. The van der Waals surface area contributed by atoms with Gasteiger partial charge in [-0.3, -0.25) is 0 Å². The highest BCUT2D eigenvalue weighted by atomic mass is 32.2. The summed E-state index contributed by atoms with van der Waals surface area (Å²) < 4.78 is 13.1. The summed E-state index contributed by atoms with van der Waals surface area (Å²) in [7, 11) is 0. The lowest BCUT2D eigenvalue weighted by Crippen LogP contribution is -1.87. The second kappa shape index (κ2) is 5.51. The Balaban J connectivity index is 2.08. The lowest BCUT2D eigenvalue weighted by atomic mass is 10.1. The summed E-state index contributed by atoms with van der Waals surface area (Å²) in [6.45, 7) is 0. The largest absolute Gasteiger partial charge is 0.206 e. The van der Waals surface area contributed by atoms with Gasteiger partial charge in [-0.2, -0.15) is 5.26 Å². The van der Waals surface area contributed by atoms with Gasteiger partial charge < -0.3 is 0 Å². The monoisotopic (exact) mass is 243 g/mol. The van der Waals surface area contributed by atoms with Crippen LogP contribution in [0.1, 0.15) is 11.1 Å². The predicted molar refractivity (Wildman–Crippen MR) is 67.1 cm³/mol. The molecule has 2 aromatic rings. The topological polar surface area (TPSA) is 23.8 Å². The molecule has 0 radical (unpaired) electrons. The van der Waals surface area contributed by atoms with E-state index < -0.39 is 5.82 Å². The molecule has 0 spiro atoms. The zero-order chi connectivity index (χ0) is 12.1. The van der Waals surface area contributed by atoms with E-state index in [1.807, 2.05) is 36.4 Å². The molecule has 0 heterocycles. The van der Waals surface area contributed by atoms with Gasteiger partial charge in [0.15, 0.2) is 0 Å². The maximum absolute atomic E-state index is 13.1. The second-order valence-electron chi connectivity index (χ2n) is 3.53. The molecule has 0 saturated heterocycles. The van der Waals surface area contributed by atoms with Crippen LogP contribution in [0.25, 0.3) is 0 Å². The minimum Gasteiger partial charge on any atom is -0.206 e. The van der Waals surface area contributed by atoms with E-state index in [4.69, 9.17) is 5.26 Å². The Labute approximate surface area is 104 Å². The number of hydrogen-bond donors (Lipinski definition) is 0. The smallest absolute Gasteiger partial charge is 0.140 e. The molecular weight excluding hydrogens is 233 g/mol. The molecule has 0 N–H and O–H groups in total. The molecule has 84 valence electrons. The fraction of sp³-hybridized carbons (Fsp3) is 0.0714. The standard InChI is InChI=1S/C14H10FNS/c15-14-7-6-11(8-12(14)9-16)10-17-13-4-2-1-3-5-13/h1-8H,10H2. The molecule has 0 atom stereocenters. The van der Waals surface area contributed by atoms with Crippen molar-refractivity contribution in [1.82, 2.24) is 0 Å². The number of benzene rings is 2. The van der Waals surface area contributed by atoms with Crippen LogP contribution in [-0.4, -0.2) is 0 Å². The van der Waals surface area contributed by atoms with E-state index in [9.17, 15) is 4.39 Å². The molecule has 2 rings (SSSR count). The van der Waals surface area contributed by atoms with Crippen molar-refractivity contribution in [2.75, 3.05) is 0 Å². The molecule has 0 amide bonds.